The molecule has 1 aliphatic rings. The number of likely N-dealkylation sites (tertiary alicyclic amines) is 1. The Morgan fingerprint density at radius 3 is 2.64 bits per heavy atom. The second-order valence-electron chi connectivity index (χ2n) is 4.23. The van der Waals surface area contributed by atoms with Crippen LogP contribution in [0.3, 0.4) is 0 Å². The maximum atomic E-state index is 8.57. The summed E-state index contributed by atoms with van der Waals surface area (Å²) >= 11 is 0. The summed E-state index contributed by atoms with van der Waals surface area (Å²) in [5.41, 5.74) is 0. The van der Waals surface area contributed by atoms with Crippen LogP contribution in [-0.2, 0) is 0 Å². The molecule has 80 valence electrons. The van der Waals surface area contributed by atoms with Gasteiger partial charge >= 0.3 is 0 Å². The van der Waals surface area contributed by atoms with Crippen LogP contribution in [0.5, 0.6) is 0 Å². The van der Waals surface area contributed by atoms with Crippen LogP contribution in [0.2, 0.25) is 0 Å². The molecular weight excluding hydrogens is 174 g/mol. The van der Waals surface area contributed by atoms with Crippen molar-refractivity contribution >= 4 is 0 Å². The molecule has 1 heterocycles. The molecule has 3 heteroatoms. The van der Waals surface area contributed by atoms with Gasteiger partial charge in [-0.1, -0.05) is 0 Å². The third-order valence-corrected chi connectivity index (χ3v) is 3.27. The van der Waals surface area contributed by atoms with E-state index in [0.29, 0.717) is 12.5 Å². The molecule has 0 aromatic heterocycles. The van der Waals surface area contributed by atoms with Crippen molar-refractivity contribution < 1.29 is 0 Å². The second-order valence-corrected chi connectivity index (χ2v) is 4.23. The molecule has 0 aromatic rings. The Balaban J connectivity index is 2.33. The number of piperidine rings is 1. The number of hydrogen-bond donors (Lipinski definition) is 1. The van der Waals surface area contributed by atoms with Crippen LogP contribution in [0.1, 0.15) is 25.7 Å². The first-order valence-corrected chi connectivity index (χ1v) is 5.50. The SMILES string of the molecule is CNC(CCC#N)C1CCN(C)CC1. The third kappa shape index (κ3) is 3.28. The van der Waals surface area contributed by atoms with Crippen molar-refractivity contribution in [2.24, 2.45) is 5.92 Å². The van der Waals surface area contributed by atoms with E-state index in [1.165, 1.54) is 25.9 Å². The highest BCUT2D eigenvalue weighted by atomic mass is 15.1. The summed E-state index contributed by atoms with van der Waals surface area (Å²) < 4.78 is 0. The first-order valence-electron chi connectivity index (χ1n) is 5.50. The van der Waals surface area contributed by atoms with Gasteiger partial charge in [-0.25, -0.2) is 0 Å². The molecular formula is C11H21N3. The fourth-order valence-corrected chi connectivity index (χ4v) is 2.27. The largest absolute Gasteiger partial charge is 0.317 e. The van der Waals surface area contributed by atoms with E-state index < -0.39 is 0 Å². The van der Waals surface area contributed by atoms with E-state index in [9.17, 15) is 0 Å². The van der Waals surface area contributed by atoms with Crippen molar-refractivity contribution in [1.82, 2.24) is 10.2 Å². The molecule has 0 radical (unpaired) electrons. The molecule has 0 spiro atoms. The van der Waals surface area contributed by atoms with Crippen LogP contribution in [-0.4, -0.2) is 38.1 Å². The zero-order chi connectivity index (χ0) is 10.4. The van der Waals surface area contributed by atoms with Crippen LogP contribution in [0.25, 0.3) is 0 Å². The summed E-state index contributed by atoms with van der Waals surface area (Å²) in [6.45, 7) is 2.41. The van der Waals surface area contributed by atoms with Gasteiger partial charge in [0.25, 0.3) is 0 Å². The normalized spacial score (nSPS) is 21.8. The second kappa shape index (κ2) is 6.00. The molecule has 14 heavy (non-hydrogen) atoms. The van der Waals surface area contributed by atoms with E-state index in [4.69, 9.17) is 5.26 Å². The van der Waals surface area contributed by atoms with E-state index in [2.05, 4.69) is 23.3 Å². The van der Waals surface area contributed by atoms with Gasteiger partial charge in [-0.3, -0.25) is 0 Å². The van der Waals surface area contributed by atoms with Crippen molar-refractivity contribution in [3.05, 3.63) is 0 Å². The highest BCUT2D eigenvalue weighted by Crippen LogP contribution is 2.22. The number of rotatable bonds is 4. The van der Waals surface area contributed by atoms with E-state index in [-0.39, 0.29) is 0 Å². The lowest BCUT2D eigenvalue weighted by molar-refractivity contribution is 0.184. The average molecular weight is 195 g/mol. The van der Waals surface area contributed by atoms with E-state index >= 15 is 0 Å². The predicted octanol–water partition coefficient (Wildman–Crippen LogP) is 1.22. The molecule has 1 saturated heterocycles. The van der Waals surface area contributed by atoms with Crippen molar-refractivity contribution in [2.75, 3.05) is 27.2 Å². The van der Waals surface area contributed by atoms with Crippen molar-refractivity contribution in [3.8, 4) is 6.07 Å². The summed E-state index contributed by atoms with van der Waals surface area (Å²) in [4.78, 5) is 2.38. The Morgan fingerprint density at radius 2 is 2.14 bits per heavy atom. The molecule has 1 aliphatic heterocycles. The quantitative estimate of drug-likeness (QED) is 0.733. The van der Waals surface area contributed by atoms with Gasteiger partial charge in [-0.05, 0) is 52.4 Å². The number of hydrogen-bond acceptors (Lipinski definition) is 3. The van der Waals surface area contributed by atoms with Gasteiger partial charge in [0.05, 0.1) is 6.07 Å². The first kappa shape index (κ1) is 11.5. The summed E-state index contributed by atoms with van der Waals surface area (Å²) in [6, 6.07) is 2.77. The Morgan fingerprint density at radius 1 is 1.50 bits per heavy atom. The van der Waals surface area contributed by atoms with Crippen LogP contribution in [0.4, 0.5) is 0 Å². The van der Waals surface area contributed by atoms with Crippen LogP contribution in [0, 0.1) is 17.2 Å². The average Bonchev–Trinajstić information content (AvgIpc) is 2.21. The molecule has 3 nitrogen and oxygen atoms in total. The minimum Gasteiger partial charge on any atom is -0.317 e. The van der Waals surface area contributed by atoms with Gasteiger partial charge in [0.15, 0.2) is 0 Å². The van der Waals surface area contributed by atoms with Crippen molar-refractivity contribution in [3.63, 3.8) is 0 Å². The molecule has 0 bridgehead atoms. The fraction of sp³-hybridized carbons (Fsp3) is 0.909. The Kier molecular flexibility index (Phi) is 4.92. The lowest BCUT2D eigenvalue weighted by Gasteiger charge is -2.34. The van der Waals surface area contributed by atoms with Crippen LogP contribution >= 0.6 is 0 Å². The van der Waals surface area contributed by atoms with Gasteiger partial charge in [-0.2, -0.15) is 5.26 Å². The maximum absolute atomic E-state index is 8.57. The van der Waals surface area contributed by atoms with Crippen molar-refractivity contribution in [1.29, 1.82) is 5.26 Å². The zero-order valence-electron chi connectivity index (χ0n) is 9.29. The fourth-order valence-electron chi connectivity index (χ4n) is 2.27. The molecule has 0 aromatic carbocycles. The molecule has 1 unspecified atom stereocenters. The summed E-state index contributed by atoms with van der Waals surface area (Å²) in [6.07, 6.45) is 4.22. The molecule has 1 rings (SSSR count). The monoisotopic (exact) mass is 195 g/mol. The summed E-state index contributed by atoms with van der Waals surface area (Å²) in [5.74, 6) is 0.768. The lowest BCUT2D eigenvalue weighted by Crippen LogP contribution is -2.40. The van der Waals surface area contributed by atoms with Gasteiger partial charge in [0, 0.05) is 12.5 Å². The number of nitriles is 1. The van der Waals surface area contributed by atoms with E-state index in [1.807, 2.05) is 7.05 Å². The smallest absolute Gasteiger partial charge is 0.0622 e. The Hall–Kier alpha value is -0.590. The lowest BCUT2D eigenvalue weighted by atomic mass is 9.87. The van der Waals surface area contributed by atoms with Gasteiger partial charge in [0.1, 0.15) is 0 Å². The number of nitrogens with zero attached hydrogens (tertiary/aromatic N) is 2. The first-order chi connectivity index (χ1) is 6.77. The van der Waals surface area contributed by atoms with E-state index in [1.54, 1.807) is 0 Å². The van der Waals surface area contributed by atoms with E-state index in [0.717, 1.165) is 12.3 Å². The van der Waals surface area contributed by atoms with Crippen LogP contribution < -0.4 is 5.32 Å². The summed E-state index contributed by atoms with van der Waals surface area (Å²) in [7, 11) is 4.19. The standard InChI is InChI=1S/C11H21N3/c1-13-11(4-3-7-12)10-5-8-14(2)9-6-10/h10-11,13H,3-6,8-9H2,1-2H3. The molecule has 0 saturated carbocycles. The topological polar surface area (TPSA) is 39.1 Å². The zero-order valence-corrected chi connectivity index (χ0v) is 9.29. The molecule has 0 amide bonds. The molecule has 1 atom stereocenters. The van der Waals surface area contributed by atoms with Gasteiger partial charge < -0.3 is 10.2 Å². The van der Waals surface area contributed by atoms with Crippen molar-refractivity contribution in [2.45, 2.75) is 31.7 Å². The van der Waals surface area contributed by atoms with Crippen LogP contribution in [0.15, 0.2) is 0 Å². The third-order valence-electron chi connectivity index (χ3n) is 3.27. The predicted molar refractivity (Wildman–Crippen MR) is 57.9 cm³/mol. The van der Waals surface area contributed by atoms with Gasteiger partial charge in [0.2, 0.25) is 0 Å². The minimum absolute atomic E-state index is 0.545. The maximum Gasteiger partial charge on any atom is 0.0622 e. The molecule has 0 aliphatic carbocycles. The Bertz CT molecular complexity index is 189. The van der Waals surface area contributed by atoms with Gasteiger partial charge in [-0.15, -0.1) is 0 Å². The summed E-state index contributed by atoms with van der Waals surface area (Å²) in [5, 5.41) is 11.9. The highest BCUT2D eigenvalue weighted by molar-refractivity contribution is 4.83. The highest BCUT2D eigenvalue weighted by Gasteiger charge is 2.23. The minimum atomic E-state index is 0.545. The molecule has 1 fully saturated rings. The number of nitrogens with one attached hydrogen (secondary N) is 1. The molecule has 1 N–H and O–H groups in total. The Labute approximate surface area is 87.1 Å².